The summed E-state index contributed by atoms with van der Waals surface area (Å²) in [7, 11) is 1.61. The van der Waals surface area contributed by atoms with E-state index >= 15 is 0 Å². The molecule has 0 aliphatic rings. The summed E-state index contributed by atoms with van der Waals surface area (Å²) in [5, 5.41) is 12.2. The standard InChI is InChI=1S/C10H12N2O3/c1-3-12(2)10(14)7-5-4-6-8(11-15)9(7)13/h4-6,13H,3H2,1-2H3. The first-order valence-corrected chi connectivity index (χ1v) is 4.52. The molecule has 0 bridgehead atoms. The summed E-state index contributed by atoms with van der Waals surface area (Å²) >= 11 is 0. The third kappa shape index (κ3) is 2.12. The highest BCUT2D eigenvalue weighted by Gasteiger charge is 2.16. The molecule has 1 aromatic carbocycles. The largest absolute Gasteiger partial charge is 0.505 e. The van der Waals surface area contributed by atoms with Crippen LogP contribution in [0.2, 0.25) is 0 Å². The van der Waals surface area contributed by atoms with Crippen molar-refractivity contribution in [3.05, 3.63) is 28.7 Å². The second kappa shape index (κ2) is 4.54. The maximum atomic E-state index is 11.7. The van der Waals surface area contributed by atoms with E-state index in [1.165, 1.54) is 23.1 Å². The molecule has 0 unspecified atom stereocenters. The molecule has 1 aromatic rings. The molecule has 0 saturated carbocycles. The van der Waals surface area contributed by atoms with Crippen LogP contribution in [0.1, 0.15) is 17.3 Å². The average Bonchev–Trinajstić information content (AvgIpc) is 2.27. The molecule has 0 heterocycles. The molecular weight excluding hydrogens is 196 g/mol. The summed E-state index contributed by atoms with van der Waals surface area (Å²) in [5.41, 5.74) is -0.0261. The first kappa shape index (κ1) is 11.2. The van der Waals surface area contributed by atoms with E-state index in [2.05, 4.69) is 5.18 Å². The Labute approximate surface area is 87.3 Å². The van der Waals surface area contributed by atoms with Crippen molar-refractivity contribution >= 4 is 11.6 Å². The number of hydrogen-bond donors (Lipinski definition) is 1. The Bertz CT molecular complexity index is 390. The van der Waals surface area contributed by atoms with E-state index in [1.807, 2.05) is 6.92 Å². The van der Waals surface area contributed by atoms with E-state index in [9.17, 15) is 14.8 Å². The van der Waals surface area contributed by atoms with Crippen molar-refractivity contribution in [3.8, 4) is 5.75 Å². The molecular formula is C10H12N2O3. The fourth-order valence-corrected chi connectivity index (χ4v) is 1.13. The van der Waals surface area contributed by atoms with Crippen LogP contribution in [0.3, 0.4) is 0 Å². The maximum Gasteiger partial charge on any atom is 0.257 e. The topological polar surface area (TPSA) is 70.0 Å². The summed E-state index contributed by atoms with van der Waals surface area (Å²) in [5.74, 6) is -0.696. The minimum absolute atomic E-state index is 0.0939. The Balaban J connectivity index is 3.15. The van der Waals surface area contributed by atoms with Gasteiger partial charge in [-0.25, -0.2) is 0 Å². The second-order valence-corrected chi connectivity index (χ2v) is 3.08. The minimum Gasteiger partial charge on any atom is -0.505 e. The number of para-hydroxylation sites is 1. The summed E-state index contributed by atoms with van der Waals surface area (Å²) in [4.78, 5) is 23.4. The third-order valence-corrected chi connectivity index (χ3v) is 2.16. The SMILES string of the molecule is CCN(C)C(=O)c1cccc(N=O)c1O. The van der Waals surface area contributed by atoms with Gasteiger partial charge in [0.05, 0.1) is 5.56 Å². The van der Waals surface area contributed by atoms with E-state index in [0.717, 1.165) is 0 Å². The van der Waals surface area contributed by atoms with Crippen LogP contribution >= 0.6 is 0 Å². The molecule has 1 amide bonds. The Kier molecular flexibility index (Phi) is 3.38. The molecule has 0 saturated heterocycles. The minimum atomic E-state index is -0.363. The van der Waals surface area contributed by atoms with Gasteiger partial charge >= 0.3 is 0 Å². The smallest absolute Gasteiger partial charge is 0.257 e. The predicted molar refractivity (Wildman–Crippen MR) is 56.2 cm³/mol. The Hall–Kier alpha value is -1.91. The molecule has 1 rings (SSSR count). The third-order valence-electron chi connectivity index (χ3n) is 2.16. The molecule has 0 spiro atoms. The number of phenolic OH excluding ortho intramolecular Hbond substituents is 1. The van der Waals surface area contributed by atoms with Crippen molar-refractivity contribution in [2.75, 3.05) is 13.6 Å². The van der Waals surface area contributed by atoms with Crippen molar-refractivity contribution in [1.82, 2.24) is 4.90 Å². The predicted octanol–water partition coefficient (Wildman–Crippen LogP) is 1.88. The highest BCUT2D eigenvalue weighted by molar-refractivity contribution is 5.98. The number of carbonyl (C=O) groups excluding carboxylic acids is 1. The fourth-order valence-electron chi connectivity index (χ4n) is 1.13. The molecule has 15 heavy (non-hydrogen) atoms. The maximum absolute atomic E-state index is 11.7. The van der Waals surface area contributed by atoms with Gasteiger partial charge in [-0.15, -0.1) is 4.91 Å². The number of rotatable bonds is 3. The molecule has 0 aliphatic heterocycles. The number of amides is 1. The first-order valence-electron chi connectivity index (χ1n) is 4.52. The van der Waals surface area contributed by atoms with Crippen LogP contribution in [0, 0.1) is 4.91 Å². The van der Waals surface area contributed by atoms with Gasteiger partial charge in [-0.05, 0) is 24.2 Å². The van der Waals surface area contributed by atoms with Crippen molar-refractivity contribution in [2.24, 2.45) is 5.18 Å². The molecule has 5 nitrogen and oxygen atoms in total. The van der Waals surface area contributed by atoms with Gasteiger partial charge in [0.1, 0.15) is 5.69 Å². The van der Waals surface area contributed by atoms with E-state index in [0.29, 0.717) is 6.54 Å². The number of phenols is 1. The van der Waals surface area contributed by atoms with Crippen molar-refractivity contribution in [3.63, 3.8) is 0 Å². The van der Waals surface area contributed by atoms with Gasteiger partial charge in [-0.1, -0.05) is 6.07 Å². The van der Waals surface area contributed by atoms with E-state index in [-0.39, 0.29) is 22.9 Å². The number of benzene rings is 1. The zero-order valence-electron chi connectivity index (χ0n) is 8.60. The monoisotopic (exact) mass is 208 g/mol. The Morgan fingerprint density at radius 2 is 2.20 bits per heavy atom. The van der Waals surface area contributed by atoms with E-state index in [1.54, 1.807) is 7.05 Å². The lowest BCUT2D eigenvalue weighted by Gasteiger charge is -2.15. The van der Waals surface area contributed by atoms with Crippen LogP contribution in [0.5, 0.6) is 5.75 Å². The van der Waals surface area contributed by atoms with Gasteiger partial charge in [-0.3, -0.25) is 4.79 Å². The molecule has 0 radical (unpaired) electrons. The second-order valence-electron chi connectivity index (χ2n) is 3.08. The fraction of sp³-hybridized carbons (Fsp3) is 0.300. The molecule has 0 aliphatic carbocycles. The Morgan fingerprint density at radius 3 is 2.73 bits per heavy atom. The summed E-state index contributed by atoms with van der Waals surface area (Å²) in [6.45, 7) is 2.34. The van der Waals surface area contributed by atoms with Crippen LogP contribution in [0.15, 0.2) is 23.4 Å². The molecule has 0 atom stereocenters. The van der Waals surface area contributed by atoms with Gasteiger partial charge in [0.15, 0.2) is 5.75 Å². The normalized spacial score (nSPS) is 9.73. The van der Waals surface area contributed by atoms with Crippen LogP contribution in [0.25, 0.3) is 0 Å². The van der Waals surface area contributed by atoms with Crippen LogP contribution in [0.4, 0.5) is 5.69 Å². The summed E-state index contributed by atoms with van der Waals surface area (Å²) in [6, 6.07) is 4.32. The van der Waals surface area contributed by atoms with Gasteiger partial charge < -0.3 is 10.0 Å². The number of carbonyl (C=O) groups is 1. The molecule has 80 valence electrons. The van der Waals surface area contributed by atoms with Crippen LogP contribution in [-0.4, -0.2) is 29.5 Å². The molecule has 5 heteroatoms. The van der Waals surface area contributed by atoms with Gasteiger partial charge in [0.25, 0.3) is 5.91 Å². The number of hydrogen-bond acceptors (Lipinski definition) is 4. The van der Waals surface area contributed by atoms with Crippen molar-refractivity contribution in [1.29, 1.82) is 0 Å². The van der Waals surface area contributed by atoms with Crippen molar-refractivity contribution in [2.45, 2.75) is 6.92 Å². The lowest BCUT2D eigenvalue weighted by molar-refractivity contribution is 0.0799. The Morgan fingerprint density at radius 1 is 1.53 bits per heavy atom. The summed E-state index contributed by atoms with van der Waals surface area (Å²) in [6.07, 6.45) is 0. The summed E-state index contributed by atoms with van der Waals surface area (Å²) < 4.78 is 0. The number of nitrogens with zero attached hydrogens (tertiary/aromatic N) is 2. The lowest BCUT2D eigenvalue weighted by Crippen LogP contribution is -2.26. The molecule has 0 fully saturated rings. The number of nitroso groups, excluding NO2 is 1. The molecule has 0 aromatic heterocycles. The highest BCUT2D eigenvalue weighted by atomic mass is 16.3. The zero-order valence-corrected chi connectivity index (χ0v) is 8.60. The zero-order chi connectivity index (χ0) is 11.4. The van der Waals surface area contributed by atoms with Gasteiger partial charge in [0, 0.05) is 13.6 Å². The first-order chi connectivity index (χ1) is 7.11. The van der Waals surface area contributed by atoms with E-state index in [4.69, 9.17) is 0 Å². The van der Waals surface area contributed by atoms with E-state index < -0.39 is 0 Å². The van der Waals surface area contributed by atoms with Crippen LogP contribution < -0.4 is 0 Å². The van der Waals surface area contributed by atoms with Crippen molar-refractivity contribution < 1.29 is 9.90 Å². The van der Waals surface area contributed by atoms with Gasteiger partial charge in [-0.2, -0.15) is 0 Å². The average molecular weight is 208 g/mol. The van der Waals surface area contributed by atoms with Gasteiger partial charge in [0.2, 0.25) is 0 Å². The quantitative estimate of drug-likeness (QED) is 0.771. The highest BCUT2D eigenvalue weighted by Crippen LogP contribution is 2.30. The lowest BCUT2D eigenvalue weighted by atomic mass is 10.1. The molecule has 1 N–H and O–H groups in total. The number of aromatic hydroxyl groups is 1. The van der Waals surface area contributed by atoms with Crippen LogP contribution in [-0.2, 0) is 0 Å².